The number of rotatable bonds is 5. The van der Waals surface area contributed by atoms with Gasteiger partial charge in [-0.2, -0.15) is 0 Å². The third-order valence-electron chi connectivity index (χ3n) is 4.26. The van der Waals surface area contributed by atoms with Crippen LogP contribution in [0.25, 0.3) is 0 Å². The maximum atomic E-state index is 14.1. The fourth-order valence-corrected chi connectivity index (χ4v) is 2.99. The monoisotopic (exact) mass is 372 g/mol. The molecule has 0 spiro atoms. The molecule has 26 heavy (non-hydrogen) atoms. The normalized spacial score (nSPS) is 10.8. The van der Waals surface area contributed by atoms with Gasteiger partial charge in [0, 0.05) is 21.8 Å². The van der Waals surface area contributed by atoms with Crippen molar-refractivity contribution in [1.29, 1.82) is 0 Å². The van der Waals surface area contributed by atoms with E-state index in [-0.39, 0.29) is 29.5 Å². The average Bonchev–Trinajstić information content (AvgIpc) is 2.95. The number of amides is 1. The highest BCUT2D eigenvalue weighted by Gasteiger charge is 2.22. The van der Waals surface area contributed by atoms with E-state index in [2.05, 4.69) is 5.16 Å². The molecule has 0 saturated carbocycles. The number of hydrogen-bond acceptors (Lipinski definition) is 3. The van der Waals surface area contributed by atoms with Gasteiger partial charge in [0.2, 0.25) is 5.91 Å². The Labute approximate surface area is 156 Å². The van der Waals surface area contributed by atoms with Crippen molar-refractivity contribution < 1.29 is 13.7 Å². The molecule has 1 heterocycles. The van der Waals surface area contributed by atoms with Gasteiger partial charge >= 0.3 is 0 Å². The Balaban J connectivity index is 1.94. The first-order valence-electron chi connectivity index (χ1n) is 8.17. The molecule has 134 valence electrons. The summed E-state index contributed by atoms with van der Waals surface area (Å²) < 4.78 is 19.3. The third kappa shape index (κ3) is 3.78. The van der Waals surface area contributed by atoms with Gasteiger partial charge in [-0.25, -0.2) is 4.39 Å². The molecule has 0 atom stereocenters. The van der Waals surface area contributed by atoms with E-state index in [1.54, 1.807) is 17.9 Å². The van der Waals surface area contributed by atoms with E-state index < -0.39 is 5.82 Å². The molecule has 1 aromatic heterocycles. The number of hydrogen-bond donors (Lipinski definition) is 0. The fraction of sp³-hybridized carbons (Fsp3) is 0.200. The second-order valence-corrected chi connectivity index (χ2v) is 6.40. The molecule has 6 heteroatoms. The largest absolute Gasteiger partial charge is 0.361 e. The van der Waals surface area contributed by atoms with Crippen molar-refractivity contribution in [3.63, 3.8) is 0 Å². The van der Waals surface area contributed by atoms with Crippen molar-refractivity contribution in [2.75, 3.05) is 4.90 Å². The minimum absolute atomic E-state index is 0.135. The zero-order valence-electron chi connectivity index (χ0n) is 14.5. The van der Waals surface area contributed by atoms with Gasteiger partial charge < -0.3 is 9.42 Å². The molecule has 0 aliphatic carbocycles. The zero-order chi connectivity index (χ0) is 18.7. The second-order valence-electron chi connectivity index (χ2n) is 6.00. The highest BCUT2D eigenvalue weighted by Crippen LogP contribution is 2.25. The number of anilines is 1. The lowest BCUT2D eigenvalue weighted by atomic mass is 10.1. The Bertz CT molecular complexity index is 885. The summed E-state index contributed by atoms with van der Waals surface area (Å²) >= 11 is 6.08. The molecular formula is C20H18ClFN2O2. The Morgan fingerprint density at radius 3 is 2.46 bits per heavy atom. The first-order valence-corrected chi connectivity index (χ1v) is 8.55. The van der Waals surface area contributed by atoms with Crippen molar-refractivity contribution >= 4 is 23.2 Å². The summed E-state index contributed by atoms with van der Waals surface area (Å²) in [6.07, 6.45) is -0.135. The molecule has 0 radical (unpaired) electrons. The van der Waals surface area contributed by atoms with Crippen LogP contribution in [0, 0.1) is 19.7 Å². The predicted octanol–water partition coefficient (Wildman–Crippen LogP) is 4.86. The quantitative estimate of drug-likeness (QED) is 0.642. The summed E-state index contributed by atoms with van der Waals surface area (Å²) in [6, 6.07) is 13.6. The SMILES string of the molecule is Cc1noc(C)c1CN(C(=O)Cc1c(F)cccc1Cl)c1ccccc1. The van der Waals surface area contributed by atoms with Gasteiger partial charge in [-0.3, -0.25) is 4.79 Å². The van der Waals surface area contributed by atoms with Gasteiger partial charge in [0.1, 0.15) is 11.6 Å². The maximum Gasteiger partial charge on any atom is 0.231 e. The van der Waals surface area contributed by atoms with Gasteiger partial charge in [-0.15, -0.1) is 0 Å². The minimum atomic E-state index is -0.490. The lowest BCUT2D eigenvalue weighted by molar-refractivity contribution is -0.118. The predicted molar refractivity (Wildman–Crippen MR) is 98.7 cm³/mol. The Hall–Kier alpha value is -2.66. The van der Waals surface area contributed by atoms with Crippen LogP contribution in [0.3, 0.4) is 0 Å². The number of nitrogens with zero attached hydrogens (tertiary/aromatic N) is 2. The molecule has 0 fully saturated rings. The van der Waals surface area contributed by atoms with Crippen LogP contribution in [-0.2, 0) is 17.8 Å². The third-order valence-corrected chi connectivity index (χ3v) is 4.61. The van der Waals surface area contributed by atoms with Crippen molar-refractivity contribution in [2.24, 2.45) is 0 Å². The van der Waals surface area contributed by atoms with Crippen molar-refractivity contribution in [3.05, 3.63) is 82.0 Å². The highest BCUT2D eigenvalue weighted by atomic mass is 35.5. The van der Waals surface area contributed by atoms with Crippen LogP contribution in [0.15, 0.2) is 53.1 Å². The summed E-state index contributed by atoms with van der Waals surface area (Å²) in [5, 5.41) is 4.18. The standard InChI is InChI=1S/C20H18ClFN2O2/c1-13-17(14(2)26-23-13)12-24(15-7-4-3-5-8-15)20(25)11-16-18(21)9-6-10-19(16)22/h3-10H,11-12H2,1-2H3. The fourth-order valence-electron chi connectivity index (χ4n) is 2.77. The highest BCUT2D eigenvalue weighted by molar-refractivity contribution is 6.31. The molecule has 1 amide bonds. The number of carbonyl (C=O) groups is 1. The van der Waals surface area contributed by atoms with Crippen molar-refractivity contribution in [1.82, 2.24) is 5.16 Å². The number of para-hydroxylation sites is 1. The van der Waals surface area contributed by atoms with Gasteiger partial charge in [-0.1, -0.05) is 41.0 Å². The van der Waals surface area contributed by atoms with E-state index in [0.29, 0.717) is 11.4 Å². The molecule has 0 aliphatic heterocycles. The topological polar surface area (TPSA) is 46.3 Å². The van der Waals surface area contributed by atoms with Crippen LogP contribution < -0.4 is 4.90 Å². The van der Waals surface area contributed by atoms with Gasteiger partial charge in [0.05, 0.1) is 18.7 Å². The van der Waals surface area contributed by atoms with E-state index in [1.807, 2.05) is 37.3 Å². The summed E-state index contributed by atoms with van der Waals surface area (Å²) in [7, 11) is 0. The average molecular weight is 373 g/mol. The molecular weight excluding hydrogens is 355 g/mol. The second kappa shape index (κ2) is 7.70. The lowest BCUT2D eigenvalue weighted by Gasteiger charge is -2.23. The Morgan fingerprint density at radius 2 is 1.85 bits per heavy atom. The molecule has 3 rings (SSSR count). The minimum Gasteiger partial charge on any atom is -0.361 e. The maximum absolute atomic E-state index is 14.1. The van der Waals surface area contributed by atoms with E-state index in [9.17, 15) is 9.18 Å². The van der Waals surface area contributed by atoms with Crippen LogP contribution in [0.2, 0.25) is 5.02 Å². The summed E-state index contributed by atoms with van der Waals surface area (Å²) in [6.45, 7) is 3.92. The van der Waals surface area contributed by atoms with Crippen LogP contribution in [0.4, 0.5) is 10.1 Å². The Morgan fingerprint density at radius 1 is 1.12 bits per heavy atom. The van der Waals surface area contributed by atoms with Crippen LogP contribution in [-0.4, -0.2) is 11.1 Å². The van der Waals surface area contributed by atoms with E-state index in [1.165, 1.54) is 12.1 Å². The van der Waals surface area contributed by atoms with Crippen LogP contribution >= 0.6 is 11.6 Å². The van der Waals surface area contributed by atoms with E-state index in [4.69, 9.17) is 16.1 Å². The van der Waals surface area contributed by atoms with Crippen molar-refractivity contribution in [2.45, 2.75) is 26.8 Å². The number of carbonyl (C=O) groups excluding carboxylic acids is 1. The molecule has 0 N–H and O–H groups in total. The number of halogens is 2. The molecule has 4 nitrogen and oxygen atoms in total. The van der Waals surface area contributed by atoms with Gasteiger partial charge in [-0.05, 0) is 38.1 Å². The molecule has 3 aromatic rings. The number of aromatic nitrogens is 1. The van der Waals surface area contributed by atoms with Crippen LogP contribution in [0.1, 0.15) is 22.6 Å². The lowest BCUT2D eigenvalue weighted by Crippen LogP contribution is -2.32. The van der Waals surface area contributed by atoms with Gasteiger partial charge in [0.25, 0.3) is 0 Å². The molecule has 2 aromatic carbocycles. The van der Waals surface area contributed by atoms with E-state index >= 15 is 0 Å². The molecule has 0 bridgehead atoms. The summed E-state index contributed by atoms with van der Waals surface area (Å²) in [5.74, 6) is -0.0976. The van der Waals surface area contributed by atoms with E-state index in [0.717, 1.165) is 11.3 Å². The molecule has 0 aliphatic rings. The first-order chi connectivity index (χ1) is 12.5. The number of aryl methyl sites for hydroxylation is 2. The number of benzene rings is 2. The summed E-state index contributed by atoms with van der Waals surface area (Å²) in [4.78, 5) is 14.6. The van der Waals surface area contributed by atoms with Crippen LogP contribution in [0.5, 0.6) is 0 Å². The smallest absolute Gasteiger partial charge is 0.231 e. The molecule has 0 saturated heterocycles. The summed E-state index contributed by atoms with van der Waals surface area (Å²) in [5.41, 5.74) is 2.46. The van der Waals surface area contributed by atoms with Gasteiger partial charge in [0.15, 0.2) is 0 Å². The van der Waals surface area contributed by atoms with Crippen molar-refractivity contribution in [3.8, 4) is 0 Å². The Kier molecular flexibility index (Phi) is 5.38. The zero-order valence-corrected chi connectivity index (χ0v) is 15.3. The molecule has 0 unspecified atom stereocenters. The first kappa shape index (κ1) is 18.1.